The fourth-order valence-electron chi connectivity index (χ4n) is 8.61. The molecule has 0 aliphatic carbocycles. The van der Waals surface area contributed by atoms with E-state index in [-0.39, 0.29) is 49.9 Å². The second-order valence-electron chi connectivity index (χ2n) is 22.4. The Morgan fingerprint density at radius 1 is 0.582 bits per heavy atom. The van der Waals surface area contributed by atoms with Gasteiger partial charge in [-0.2, -0.15) is 0 Å². The number of unbranched alkanes of at least 4 members (excludes halogenated alkanes) is 4. The predicted molar refractivity (Wildman–Crippen MR) is 291 cm³/mol. The highest BCUT2D eigenvalue weighted by Crippen LogP contribution is 2.17. The number of carbonyl (C=O) groups excluding carboxylic acids is 10. The van der Waals surface area contributed by atoms with Crippen molar-refractivity contribution in [2.75, 3.05) is 13.2 Å². The van der Waals surface area contributed by atoms with Gasteiger partial charge in [-0.1, -0.05) is 115 Å². The Bertz CT molecular complexity index is 2020. The maximum absolute atomic E-state index is 14.7. The lowest BCUT2D eigenvalue weighted by Gasteiger charge is -2.32. The molecule has 1 aliphatic rings. The summed E-state index contributed by atoms with van der Waals surface area (Å²) in [6.07, 6.45) is 1.05. The number of rotatable bonds is 27. The van der Waals surface area contributed by atoms with Gasteiger partial charge < -0.3 is 73.0 Å². The molecule has 0 aromatic rings. The molecular weight excluding hydrogens is 1030 g/mol. The van der Waals surface area contributed by atoms with Gasteiger partial charge >= 0.3 is 11.9 Å². The fourth-order valence-corrected chi connectivity index (χ4v) is 8.61. The lowest BCUT2D eigenvalue weighted by molar-refractivity contribution is -0.158. The van der Waals surface area contributed by atoms with Gasteiger partial charge in [0.15, 0.2) is 0 Å². The zero-order valence-electron chi connectivity index (χ0n) is 48.5. The summed E-state index contributed by atoms with van der Waals surface area (Å²) < 4.78 is 5.82. The Hall–Kier alpha value is -5.95. The van der Waals surface area contributed by atoms with Gasteiger partial charge in [-0.05, 0) is 68.6 Å². The second-order valence-corrected chi connectivity index (χ2v) is 22.4. The minimum atomic E-state index is -1.95. The van der Waals surface area contributed by atoms with E-state index in [1.807, 2.05) is 0 Å². The van der Waals surface area contributed by atoms with Crippen molar-refractivity contribution in [3.05, 3.63) is 0 Å². The molecule has 1 heterocycles. The van der Waals surface area contributed by atoms with Crippen LogP contribution in [0.4, 0.5) is 0 Å². The highest BCUT2D eigenvalue weighted by Gasteiger charge is 2.40. The number of nitrogens with one attached hydrogen (secondary N) is 9. The van der Waals surface area contributed by atoms with Crippen LogP contribution in [0.5, 0.6) is 0 Å². The number of carboxylic acids is 1. The van der Waals surface area contributed by atoms with Crippen molar-refractivity contribution < 1.29 is 77.9 Å². The lowest BCUT2D eigenvalue weighted by atomic mass is 9.98. The molecule has 1 aliphatic heterocycles. The first-order valence-corrected chi connectivity index (χ1v) is 28.0. The summed E-state index contributed by atoms with van der Waals surface area (Å²) in [4.78, 5) is 152. The Balaban J connectivity index is 3.99. The van der Waals surface area contributed by atoms with E-state index in [2.05, 4.69) is 54.8 Å². The van der Waals surface area contributed by atoms with Gasteiger partial charge in [0.25, 0.3) is 0 Å². The number of hydrogen-bond acceptors (Lipinski definition) is 15. The topological polar surface area (TPSA) is 386 Å². The standard InChI is InChI=1S/C54H95N9O16/c1-13-15-16-17-18-19-34(66)25-41(67)55-36(22-28(3)4)47(71)56-35(20-21-42(68)69)46(70)63-45-33(12)79-54(78)44(32(11)14-2)62-51(75)40(27-65)60-48(72)37(23-29(5)6)57-50(74)39(26-64)59-49(73)38(24-30(7)8)58-52(76)43(31(9)10)61-53(45)77/h28-40,43-45,64-66H,13-27H2,1-12H3,(H,55,67)(H,56,71)(H,57,74)(H,58,76)(H,59,73)(H,60,72)(H,61,77)(H,62,75)(H,63,70)(H,68,69)/t32-,33+,34+,35+,36-,37-,38-,39-,40+,43+,44-,45-/m0/s1. The van der Waals surface area contributed by atoms with E-state index in [1.165, 1.54) is 6.92 Å². The summed E-state index contributed by atoms with van der Waals surface area (Å²) in [6, 6.07) is -14.1. The quantitative estimate of drug-likeness (QED) is 0.0383. The molecule has 0 aromatic carbocycles. The number of carbonyl (C=O) groups is 11. The zero-order chi connectivity index (χ0) is 60.3. The first-order valence-electron chi connectivity index (χ1n) is 28.0. The molecule has 0 radical (unpaired) electrons. The van der Waals surface area contributed by atoms with E-state index in [0.29, 0.717) is 12.8 Å². The predicted octanol–water partition coefficient (Wildman–Crippen LogP) is 0.0962. The smallest absolute Gasteiger partial charge is 0.329 e. The molecule has 1 saturated heterocycles. The molecule has 452 valence electrons. The van der Waals surface area contributed by atoms with Crippen molar-refractivity contribution >= 4 is 65.1 Å². The lowest BCUT2D eigenvalue weighted by Crippen LogP contribution is -2.64. The third kappa shape index (κ3) is 26.3. The molecule has 79 heavy (non-hydrogen) atoms. The van der Waals surface area contributed by atoms with Gasteiger partial charge in [-0.25, -0.2) is 4.79 Å². The third-order valence-corrected chi connectivity index (χ3v) is 13.4. The van der Waals surface area contributed by atoms with Gasteiger partial charge in [0.05, 0.1) is 25.7 Å². The van der Waals surface area contributed by atoms with Crippen LogP contribution in [0.2, 0.25) is 0 Å². The van der Waals surface area contributed by atoms with Gasteiger partial charge in [0, 0.05) is 6.42 Å². The van der Waals surface area contributed by atoms with Crippen LogP contribution < -0.4 is 47.9 Å². The van der Waals surface area contributed by atoms with Crippen LogP contribution in [0.1, 0.15) is 167 Å². The first kappa shape index (κ1) is 71.1. The number of cyclic esters (lactones) is 1. The molecule has 12 atom stereocenters. The molecule has 0 unspecified atom stereocenters. The van der Waals surface area contributed by atoms with E-state index in [0.717, 1.165) is 25.7 Å². The Morgan fingerprint density at radius 2 is 1.08 bits per heavy atom. The molecule has 1 rings (SSSR count). The van der Waals surface area contributed by atoms with Gasteiger partial charge in [0.2, 0.25) is 53.2 Å². The van der Waals surface area contributed by atoms with E-state index in [4.69, 9.17) is 4.74 Å². The zero-order valence-corrected chi connectivity index (χ0v) is 48.5. The highest BCUT2D eigenvalue weighted by molar-refractivity contribution is 5.99. The third-order valence-electron chi connectivity index (χ3n) is 13.4. The Kier molecular flexibility index (Phi) is 32.7. The van der Waals surface area contributed by atoms with Crippen LogP contribution >= 0.6 is 0 Å². The molecule has 25 heteroatoms. The van der Waals surface area contributed by atoms with Crippen LogP contribution in [-0.4, -0.2) is 165 Å². The number of esters is 1. The summed E-state index contributed by atoms with van der Waals surface area (Å²) in [5.74, 6) is -13.4. The normalized spacial score (nSPS) is 24.0. The van der Waals surface area contributed by atoms with Gasteiger partial charge in [-0.3, -0.25) is 47.9 Å². The summed E-state index contributed by atoms with van der Waals surface area (Å²) in [7, 11) is 0. The van der Waals surface area contributed by atoms with Crippen molar-refractivity contribution in [2.24, 2.45) is 29.6 Å². The minimum Gasteiger partial charge on any atom is -0.481 e. The molecular formula is C54H95N9O16. The average molecular weight is 1130 g/mol. The van der Waals surface area contributed by atoms with Crippen molar-refractivity contribution in [1.29, 1.82) is 0 Å². The first-order chi connectivity index (χ1) is 37.0. The summed E-state index contributed by atoms with van der Waals surface area (Å²) >= 11 is 0. The number of carboxylic acid groups (broad SMARTS) is 1. The monoisotopic (exact) mass is 1130 g/mol. The average Bonchev–Trinajstić information content (AvgIpc) is 3.36. The molecule has 0 spiro atoms. The Morgan fingerprint density at radius 3 is 1.56 bits per heavy atom. The molecule has 0 bridgehead atoms. The summed E-state index contributed by atoms with van der Waals surface area (Å²) in [5.41, 5.74) is 0. The van der Waals surface area contributed by atoms with Crippen LogP contribution in [0.15, 0.2) is 0 Å². The van der Waals surface area contributed by atoms with Crippen LogP contribution in [0.25, 0.3) is 0 Å². The number of aliphatic hydroxyl groups excluding tert-OH is 3. The van der Waals surface area contributed by atoms with Crippen molar-refractivity contribution in [3.63, 3.8) is 0 Å². The molecule has 0 aromatic heterocycles. The van der Waals surface area contributed by atoms with E-state index >= 15 is 0 Å². The second kappa shape index (κ2) is 36.3. The summed E-state index contributed by atoms with van der Waals surface area (Å²) in [6.45, 7) is 18.2. The molecule has 0 saturated carbocycles. The van der Waals surface area contributed by atoms with Crippen molar-refractivity contribution in [1.82, 2.24) is 47.9 Å². The summed E-state index contributed by atoms with van der Waals surface area (Å²) in [5, 5.41) is 63.5. The number of hydrogen-bond donors (Lipinski definition) is 13. The van der Waals surface area contributed by atoms with Crippen LogP contribution in [-0.2, 0) is 57.5 Å². The minimum absolute atomic E-state index is 0.0100. The van der Waals surface area contributed by atoms with Gasteiger partial charge in [-0.15, -0.1) is 0 Å². The van der Waals surface area contributed by atoms with E-state index in [1.54, 1.807) is 69.2 Å². The van der Waals surface area contributed by atoms with Crippen molar-refractivity contribution in [3.8, 4) is 0 Å². The number of aliphatic hydroxyl groups is 3. The largest absolute Gasteiger partial charge is 0.481 e. The fraction of sp³-hybridized carbons (Fsp3) is 0.796. The Labute approximate surface area is 465 Å². The van der Waals surface area contributed by atoms with E-state index < -0.39 is 170 Å². The SMILES string of the molecule is CCCCCCC[C@@H](O)CC(=O)N[C@@H](CC(C)C)C(=O)N[C@H](CCC(=O)O)C(=O)N[C@@H]1C(=O)N[C@H](C(C)C)C(=O)N[C@@H](CC(C)C)C(=O)N[C@@H](CO)C(=O)N[C@@H](CC(C)C)C(=O)N[C@H](CO)C(=O)N[C@@H]([C@@H](C)CC)C(=O)O[C@@H]1C. The maximum atomic E-state index is 14.7. The maximum Gasteiger partial charge on any atom is 0.329 e. The molecule has 25 nitrogen and oxygen atoms in total. The number of aliphatic carboxylic acids is 1. The highest BCUT2D eigenvalue weighted by atomic mass is 16.5. The number of ether oxygens (including phenoxy) is 1. The van der Waals surface area contributed by atoms with Gasteiger partial charge in [0.1, 0.15) is 60.5 Å². The molecule has 9 amide bonds. The molecule has 13 N–H and O–H groups in total. The van der Waals surface area contributed by atoms with Crippen molar-refractivity contribution in [2.45, 2.75) is 233 Å². The van der Waals surface area contributed by atoms with E-state index in [9.17, 15) is 73.2 Å². The van der Waals surface area contributed by atoms with Crippen LogP contribution in [0, 0.1) is 29.6 Å². The molecule has 1 fully saturated rings. The number of amides is 9. The van der Waals surface area contributed by atoms with Crippen LogP contribution in [0.3, 0.4) is 0 Å².